The van der Waals surface area contributed by atoms with E-state index in [0.29, 0.717) is 29.7 Å². The second-order valence-corrected chi connectivity index (χ2v) is 9.84. The molecule has 2 aliphatic carbocycles. The molecular weight excluding hydrogens is 386 g/mol. The predicted octanol–water partition coefficient (Wildman–Crippen LogP) is 7.39. The number of benzene rings is 3. The summed E-state index contributed by atoms with van der Waals surface area (Å²) in [5, 5.41) is 3.66. The van der Waals surface area contributed by atoms with Gasteiger partial charge < -0.3 is 4.90 Å². The molecule has 0 saturated heterocycles. The molecule has 2 aliphatic heterocycles. The summed E-state index contributed by atoms with van der Waals surface area (Å²) in [4.78, 5) is 2.78. The van der Waals surface area contributed by atoms with E-state index in [-0.39, 0.29) is 0 Å². The molecule has 0 radical (unpaired) electrons. The highest BCUT2D eigenvalue weighted by atomic mass is 35.5. The Labute approximate surface area is 182 Å². The van der Waals surface area contributed by atoms with Gasteiger partial charge in [-0.2, -0.15) is 0 Å². The van der Waals surface area contributed by atoms with Crippen LogP contribution in [0.25, 0.3) is 10.8 Å². The minimum atomic E-state index is 0.413. The summed E-state index contributed by atoms with van der Waals surface area (Å²) < 4.78 is 0. The Hall–Kier alpha value is -2.51. The third-order valence-corrected chi connectivity index (χ3v) is 8.21. The lowest BCUT2D eigenvalue weighted by atomic mass is 9.69. The van der Waals surface area contributed by atoms with Crippen molar-refractivity contribution in [3.8, 4) is 0 Å². The third-order valence-electron chi connectivity index (χ3n) is 7.96. The lowest BCUT2D eigenvalue weighted by molar-refractivity contribution is 0.336. The molecule has 0 unspecified atom stereocenters. The molecule has 5 atom stereocenters. The van der Waals surface area contributed by atoms with Crippen molar-refractivity contribution in [3.63, 3.8) is 0 Å². The topological polar surface area (TPSA) is 3.24 Å². The molecule has 7 rings (SSSR count). The smallest absolute Gasteiger partial charge is 0.0582 e. The van der Waals surface area contributed by atoms with Crippen LogP contribution in [0.5, 0.6) is 0 Å². The van der Waals surface area contributed by atoms with Gasteiger partial charge in [0.15, 0.2) is 0 Å². The second-order valence-electron chi connectivity index (χ2n) is 9.40. The Balaban J connectivity index is 1.54. The van der Waals surface area contributed by atoms with E-state index in [9.17, 15) is 0 Å². The maximum atomic E-state index is 6.25. The first-order chi connectivity index (χ1) is 14.8. The molecule has 0 spiro atoms. The molecule has 0 bridgehead atoms. The lowest BCUT2D eigenvalue weighted by Gasteiger charge is -2.51. The molecule has 0 saturated carbocycles. The van der Waals surface area contributed by atoms with Crippen molar-refractivity contribution in [3.05, 3.63) is 101 Å². The van der Waals surface area contributed by atoms with Gasteiger partial charge in [-0.05, 0) is 70.3 Å². The SMILES string of the molecule is Clc1ccc([C@@H]2[C@@H]3CC=C[C@@H]3c3c4c(cc5ccccc35)[C@H]3C=CC[C@@H]3CN42)cc1. The van der Waals surface area contributed by atoms with E-state index in [1.807, 2.05) is 0 Å². The van der Waals surface area contributed by atoms with Crippen LogP contribution in [0.15, 0.2) is 78.9 Å². The van der Waals surface area contributed by atoms with Crippen molar-refractivity contribution in [2.45, 2.75) is 30.7 Å². The molecule has 0 aromatic heterocycles. The van der Waals surface area contributed by atoms with Gasteiger partial charge in [-0.1, -0.05) is 72.3 Å². The van der Waals surface area contributed by atoms with Gasteiger partial charge in [0.25, 0.3) is 0 Å². The molecule has 0 N–H and O–H groups in total. The van der Waals surface area contributed by atoms with Gasteiger partial charge in [0.2, 0.25) is 0 Å². The molecule has 2 heterocycles. The van der Waals surface area contributed by atoms with Gasteiger partial charge in [-0.25, -0.2) is 0 Å². The number of allylic oxidation sites excluding steroid dienone is 4. The molecular formula is C28H24ClN. The highest BCUT2D eigenvalue weighted by molar-refractivity contribution is 6.30. The first kappa shape index (κ1) is 17.2. The van der Waals surface area contributed by atoms with Crippen molar-refractivity contribution in [2.75, 3.05) is 11.4 Å². The molecule has 3 aromatic carbocycles. The van der Waals surface area contributed by atoms with Crippen LogP contribution in [0.3, 0.4) is 0 Å². The Morgan fingerprint density at radius 2 is 1.67 bits per heavy atom. The molecule has 0 amide bonds. The van der Waals surface area contributed by atoms with E-state index < -0.39 is 0 Å². The predicted molar refractivity (Wildman–Crippen MR) is 125 cm³/mol. The third kappa shape index (κ3) is 2.25. The quantitative estimate of drug-likeness (QED) is 0.379. The summed E-state index contributed by atoms with van der Waals surface area (Å²) in [5.41, 5.74) is 6.05. The Morgan fingerprint density at radius 3 is 2.57 bits per heavy atom. The fraction of sp³-hybridized carbons (Fsp3) is 0.286. The summed E-state index contributed by atoms with van der Waals surface area (Å²) in [5.74, 6) is 2.33. The van der Waals surface area contributed by atoms with Crippen LogP contribution in [0.2, 0.25) is 5.02 Å². The van der Waals surface area contributed by atoms with Crippen molar-refractivity contribution in [1.82, 2.24) is 0 Å². The van der Waals surface area contributed by atoms with Crippen LogP contribution in [0.4, 0.5) is 5.69 Å². The zero-order valence-electron chi connectivity index (χ0n) is 16.8. The highest BCUT2D eigenvalue weighted by Gasteiger charge is 2.48. The summed E-state index contributed by atoms with van der Waals surface area (Å²) in [6.45, 7) is 1.15. The number of rotatable bonds is 1. The second kappa shape index (κ2) is 6.25. The maximum Gasteiger partial charge on any atom is 0.0582 e. The summed E-state index contributed by atoms with van der Waals surface area (Å²) in [7, 11) is 0. The number of nitrogens with zero attached hydrogens (tertiary/aromatic N) is 1. The van der Waals surface area contributed by atoms with Crippen molar-refractivity contribution in [1.29, 1.82) is 0 Å². The van der Waals surface area contributed by atoms with E-state index in [1.54, 1.807) is 11.1 Å². The zero-order valence-corrected chi connectivity index (χ0v) is 17.6. The largest absolute Gasteiger partial charge is 0.363 e. The van der Waals surface area contributed by atoms with Gasteiger partial charge in [0.1, 0.15) is 0 Å². The Kier molecular flexibility index (Phi) is 3.58. The number of fused-ring (bicyclic) bond motifs is 6. The van der Waals surface area contributed by atoms with E-state index >= 15 is 0 Å². The van der Waals surface area contributed by atoms with Crippen molar-refractivity contribution >= 4 is 28.1 Å². The van der Waals surface area contributed by atoms with Crippen LogP contribution in [-0.4, -0.2) is 6.54 Å². The Bertz CT molecular complexity index is 1220. The van der Waals surface area contributed by atoms with E-state index in [2.05, 4.69) is 83.8 Å². The van der Waals surface area contributed by atoms with Crippen molar-refractivity contribution < 1.29 is 0 Å². The maximum absolute atomic E-state index is 6.25. The first-order valence-electron chi connectivity index (χ1n) is 11.2. The number of halogens is 1. The molecule has 0 fully saturated rings. The summed E-state index contributed by atoms with van der Waals surface area (Å²) in [6, 6.07) is 20.6. The fourth-order valence-electron chi connectivity index (χ4n) is 6.77. The van der Waals surface area contributed by atoms with Gasteiger partial charge >= 0.3 is 0 Å². The fourth-order valence-corrected chi connectivity index (χ4v) is 6.90. The van der Waals surface area contributed by atoms with Gasteiger partial charge in [-0.15, -0.1) is 0 Å². The van der Waals surface area contributed by atoms with E-state index in [4.69, 9.17) is 11.6 Å². The van der Waals surface area contributed by atoms with Crippen LogP contribution in [0, 0.1) is 11.8 Å². The minimum absolute atomic E-state index is 0.413. The zero-order chi connectivity index (χ0) is 19.8. The normalized spacial score (nSPS) is 30.4. The summed E-state index contributed by atoms with van der Waals surface area (Å²) >= 11 is 6.25. The number of anilines is 1. The molecule has 30 heavy (non-hydrogen) atoms. The summed E-state index contributed by atoms with van der Waals surface area (Å²) in [6.07, 6.45) is 12.1. The Morgan fingerprint density at radius 1 is 0.867 bits per heavy atom. The average Bonchev–Trinajstić information content (AvgIpc) is 3.44. The van der Waals surface area contributed by atoms with Crippen LogP contribution < -0.4 is 4.90 Å². The van der Waals surface area contributed by atoms with Gasteiger partial charge in [-0.3, -0.25) is 0 Å². The minimum Gasteiger partial charge on any atom is -0.363 e. The first-order valence-corrected chi connectivity index (χ1v) is 11.6. The molecule has 1 nitrogen and oxygen atoms in total. The van der Waals surface area contributed by atoms with E-state index in [1.165, 1.54) is 28.4 Å². The van der Waals surface area contributed by atoms with Crippen molar-refractivity contribution in [2.24, 2.45) is 11.8 Å². The highest BCUT2D eigenvalue weighted by Crippen LogP contribution is 2.60. The van der Waals surface area contributed by atoms with Crippen LogP contribution in [-0.2, 0) is 0 Å². The number of hydrogen-bond acceptors (Lipinski definition) is 1. The molecule has 3 aromatic rings. The van der Waals surface area contributed by atoms with Crippen LogP contribution >= 0.6 is 11.6 Å². The molecule has 4 aliphatic rings. The number of hydrogen-bond donors (Lipinski definition) is 0. The lowest BCUT2D eigenvalue weighted by Crippen LogP contribution is -2.46. The monoisotopic (exact) mass is 409 g/mol. The molecule has 148 valence electrons. The van der Waals surface area contributed by atoms with Gasteiger partial charge in [0.05, 0.1) is 6.04 Å². The molecule has 2 heteroatoms. The van der Waals surface area contributed by atoms with E-state index in [0.717, 1.165) is 18.0 Å². The van der Waals surface area contributed by atoms with Crippen LogP contribution in [0.1, 0.15) is 47.4 Å². The average molecular weight is 410 g/mol. The standard InChI is InChI=1S/C28H24ClN/c29-20-13-11-17(12-14-20)27-24-10-4-9-23(24)26-22-7-2-1-5-18(22)15-25-21-8-3-6-19(21)16-30(27)28(25)26/h1-5,7-9,11-15,19,21,23-24,27H,6,10,16H2/t19-,21+,23+,24-,27-/m1/s1. The van der Waals surface area contributed by atoms with Gasteiger partial charge in [0, 0.05) is 29.1 Å².